The molecule has 0 atom stereocenters. The highest BCUT2D eigenvalue weighted by Crippen LogP contribution is 2.43. The third-order valence-corrected chi connectivity index (χ3v) is 4.26. The lowest BCUT2D eigenvalue weighted by Gasteiger charge is -2.28. The highest BCUT2D eigenvalue weighted by atomic mass is 16.5. The molecule has 1 aliphatic carbocycles. The molecule has 18 heavy (non-hydrogen) atoms. The lowest BCUT2D eigenvalue weighted by Crippen LogP contribution is -2.34. The van der Waals surface area contributed by atoms with Gasteiger partial charge in [-0.05, 0) is 49.4 Å². The summed E-state index contributed by atoms with van der Waals surface area (Å²) in [5.74, 6) is 1.60. The summed E-state index contributed by atoms with van der Waals surface area (Å²) in [5.41, 5.74) is 9.96. The van der Waals surface area contributed by atoms with Gasteiger partial charge in [0.2, 0.25) is 0 Å². The Bertz CT molecular complexity index is 448. The van der Waals surface area contributed by atoms with E-state index in [-0.39, 0.29) is 5.54 Å². The maximum absolute atomic E-state index is 6.57. The Morgan fingerprint density at radius 1 is 1.06 bits per heavy atom. The van der Waals surface area contributed by atoms with Crippen LogP contribution in [0.5, 0.6) is 11.5 Å². The molecule has 1 aromatic rings. The predicted molar refractivity (Wildman–Crippen MR) is 73.4 cm³/mol. The van der Waals surface area contributed by atoms with E-state index < -0.39 is 0 Å². The van der Waals surface area contributed by atoms with Crippen molar-refractivity contribution >= 4 is 0 Å². The van der Waals surface area contributed by atoms with E-state index in [1.54, 1.807) is 14.2 Å². The molecule has 1 fully saturated rings. The quantitative estimate of drug-likeness (QED) is 0.895. The number of hydrogen-bond donors (Lipinski definition) is 1. The van der Waals surface area contributed by atoms with Crippen molar-refractivity contribution < 1.29 is 9.47 Å². The summed E-state index contributed by atoms with van der Waals surface area (Å²) in [6.45, 7) is 4.19. The summed E-state index contributed by atoms with van der Waals surface area (Å²) in [6, 6.07) is 2.06. The summed E-state index contributed by atoms with van der Waals surface area (Å²) in [6.07, 6.45) is 4.54. The van der Waals surface area contributed by atoms with E-state index in [2.05, 4.69) is 19.9 Å². The Morgan fingerprint density at radius 3 is 2.17 bits per heavy atom. The van der Waals surface area contributed by atoms with Crippen molar-refractivity contribution in [2.75, 3.05) is 14.2 Å². The van der Waals surface area contributed by atoms with Gasteiger partial charge in [0.05, 0.1) is 14.2 Å². The van der Waals surface area contributed by atoms with E-state index in [4.69, 9.17) is 15.2 Å². The monoisotopic (exact) mass is 249 g/mol. The lowest BCUT2D eigenvalue weighted by atomic mass is 9.84. The van der Waals surface area contributed by atoms with Crippen molar-refractivity contribution in [3.05, 3.63) is 22.8 Å². The maximum Gasteiger partial charge on any atom is 0.163 e. The molecule has 1 aliphatic rings. The van der Waals surface area contributed by atoms with E-state index in [9.17, 15) is 0 Å². The van der Waals surface area contributed by atoms with Crippen molar-refractivity contribution in [1.29, 1.82) is 0 Å². The lowest BCUT2D eigenvalue weighted by molar-refractivity contribution is 0.349. The van der Waals surface area contributed by atoms with E-state index in [1.165, 1.54) is 24.0 Å². The minimum absolute atomic E-state index is 0.186. The van der Waals surface area contributed by atoms with Crippen LogP contribution in [-0.4, -0.2) is 14.2 Å². The van der Waals surface area contributed by atoms with Crippen molar-refractivity contribution in [3.63, 3.8) is 0 Å². The molecule has 0 saturated heterocycles. The third-order valence-electron chi connectivity index (χ3n) is 4.26. The van der Waals surface area contributed by atoms with Gasteiger partial charge in [-0.3, -0.25) is 0 Å². The molecule has 0 radical (unpaired) electrons. The summed E-state index contributed by atoms with van der Waals surface area (Å²) in [5, 5.41) is 0. The number of rotatable bonds is 3. The molecule has 0 amide bonds. The van der Waals surface area contributed by atoms with Crippen LogP contribution in [0, 0.1) is 13.8 Å². The van der Waals surface area contributed by atoms with Gasteiger partial charge in [-0.15, -0.1) is 0 Å². The second-order valence-corrected chi connectivity index (χ2v) is 5.27. The Kier molecular flexibility index (Phi) is 3.53. The molecule has 0 heterocycles. The van der Waals surface area contributed by atoms with Crippen molar-refractivity contribution in [2.24, 2.45) is 5.73 Å². The zero-order chi connectivity index (χ0) is 13.3. The Labute approximate surface area is 109 Å². The van der Waals surface area contributed by atoms with Gasteiger partial charge in [-0.25, -0.2) is 0 Å². The molecule has 3 nitrogen and oxygen atoms in total. The minimum atomic E-state index is -0.186. The third kappa shape index (κ3) is 1.97. The highest BCUT2D eigenvalue weighted by Gasteiger charge is 2.34. The average molecular weight is 249 g/mol. The first kappa shape index (κ1) is 13.2. The van der Waals surface area contributed by atoms with Crippen LogP contribution >= 0.6 is 0 Å². The standard InChI is InChI=1S/C15H23NO2/c1-10-11(2)14(18-4)13(17-3)9-12(10)15(16)7-5-6-8-15/h9H,5-8,16H2,1-4H3. The fourth-order valence-electron chi connectivity index (χ4n) is 3.06. The smallest absolute Gasteiger partial charge is 0.163 e. The first-order valence-electron chi connectivity index (χ1n) is 6.55. The molecule has 3 heteroatoms. The first-order valence-corrected chi connectivity index (χ1v) is 6.55. The molecule has 0 unspecified atom stereocenters. The summed E-state index contributed by atoms with van der Waals surface area (Å²) >= 11 is 0. The average Bonchev–Trinajstić information content (AvgIpc) is 2.80. The van der Waals surface area contributed by atoms with Crippen LogP contribution < -0.4 is 15.2 Å². The SMILES string of the molecule is COc1cc(C2(N)CCCC2)c(C)c(C)c1OC. The molecule has 100 valence electrons. The zero-order valence-corrected chi connectivity index (χ0v) is 11.8. The zero-order valence-electron chi connectivity index (χ0n) is 11.8. The number of hydrogen-bond acceptors (Lipinski definition) is 3. The molecule has 1 saturated carbocycles. The Morgan fingerprint density at radius 2 is 1.67 bits per heavy atom. The van der Waals surface area contributed by atoms with Crippen LogP contribution in [0.25, 0.3) is 0 Å². The van der Waals surface area contributed by atoms with Crippen LogP contribution in [0.1, 0.15) is 42.4 Å². The predicted octanol–water partition coefficient (Wildman–Crippen LogP) is 3.05. The summed E-state index contributed by atoms with van der Waals surface area (Å²) < 4.78 is 10.9. The highest BCUT2D eigenvalue weighted by molar-refractivity contribution is 5.55. The largest absolute Gasteiger partial charge is 0.493 e. The molecule has 1 aromatic carbocycles. The van der Waals surface area contributed by atoms with Crippen LogP contribution in [0.4, 0.5) is 0 Å². The van der Waals surface area contributed by atoms with Gasteiger partial charge in [0.1, 0.15) is 0 Å². The fourth-order valence-corrected chi connectivity index (χ4v) is 3.06. The fraction of sp³-hybridized carbons (Fsp3) is 0.600. The molecule has 2 rings (SSSR count). The van der Waals surface area contributed by atoms with Gasteiger partial charge in [-0.2, -0.15) is 0 Å². The van der Waals surface area contributed by atoms with Crippen molar-refractivity contribution in [1.82, 2.24) is 0 Å². The second-order valence-electron chi connectivity index (χ2n) is 5.27. The van der Waals surface area contributed by atoms with E-state index >= 15 is 0 Å². The van der Waals surface area contributed by atoms with Crippen LogP contribution in [0.2, 0.25) is 0 Å². The van der Waals surface area contributed by atoms with Gasteiger partial charge in [0.25, 0.3) is 0 Å². The summed E-state index contributed by atoms with van der Waals surface area (Å²) in [4.78, 5) is 0. The van der Waals surface area contributed by atoms with Gasteiger partial charge >= 0.3 is 0 Å². The van der Waals surface area contributed by atoms with Crippen LogP contribution in [-0.2, 0) is 5.54 Å². The van der Waals surface area contributed by atoms with Crippen molar-refractivity contribution in [2.45, 2.75) is 45.1 Å². The second kappa shape index (κ2) is 4.81. The van der Waals surface area contributed by atoms with Gasteiger partial charge < -0.3 is 15.2 Å². The molecule has 0 aliphatic heterocycles. The summed E-state index contributed by atoms with van der Waals surface area (Å²) in [7, 11) is 3.35. The molecule has 0 aromatic heterocycles. The maximum atomic E-state index is 6.57. The normalized spacial score (nSPS) is 17.8. The Hall–Kier alpha value is -1.22. The molecule has 2 N–H and O–H groups in total. The topological polar surface area (TPSA) is 44.5 Å². The van der Waals surface area contributed by atoms with Crippen LogP contribution in [0.3, 0.4) is 0 Å². The number of benzene rings is 1. The molecular formula is C15H23NO2. The van der Waals surface area contributed by atoms with E-state index in [0.29, 0.717) is 0 Å². The number of methoxy groups -OCH3 is 2. The number of nitrogens with two attached hydrogens (primary N) is 1. The van der Waals surface area contributed by atoms with Gasteiger partial charge in [0.15, 0.2) is 11.5 Å². The number of ether oxygens (including phenoxy) is 2. The van der Waals surface area contributed by atoms with Crippen LogP contribution in [0.15, 0.2) is 6.07 Å². The minimum Gasteiger partial charge on any atom is -0.493 e. The van der Waals surface area contributed by atoms with E-state index in [0.717, 1.165) is 29.9 Å². The van der Waals surface area contributed by atoms with Crippen molar-refractivity contribution in [3.8, 4) is 11.5 Å². The molecular weight excluding hydrogens is 226 g/mol. The Balaban J connectivity index is 2.58. The van der Waals surface area contributed by atoms with Gasteiger partial charge in [-0.1, -0.05) is 12.8 Å². The molecule has 0 spiro atoms. The van der Waals surface area contributed by atoms with Gasteiger partial charge in [0, 0.05) is 5.54 Å². The van der Waals surface area contributed by atoms with E-state index in [1.807, 2.05) is 0 Å². The molecule has 0 bridgehead atoms. The first-order chi connectivity index (χ1) is 8.53.